The van der Waals surface area contributed by atoms with Crippen LogP contribution in [0.5, 0.6) is 5.75 Å². The zero-order valence-electron chi connectivity index (χ0n) is 10.9. The van der Waals surface area contributed by atoms with Crippen LogP contribution >= 0.6 is 11.8 Å². The number of hydrogen-bond acceptors (Lipinski definition) is 3. The van der Waals surface area contributed by atoms with Crippen LogP contribution in [0.4, 0.5) is 0 Å². The molecule has 0 saturated carbocycles. The second-order valence-corrected chi connectivity index (χ2v) is 5.46. The predicted octanol–water partition coefficient (Wildman–Crippen LogP) is 3.19. The first kappa shape index (κ1) is 12.8. The van der Waals surface area contributed by atoms with Crippen molar-refractivity contribution in [1.29, 1.82) is 0 Å². The van der Waals surface area contributed by atoms with Crippen LogP contribution in [-0.2, 0) is 0 Å². The summed E-state index contributed by atoms with van der Waals surface area (Å²) in [6.45, 7) is 4.38. The van der Waals surface area contributed by atoms with Crippen molar-refractivity contribution < 1.29 is 4.74 Å². The Bertz CT molecular complexity index is 386. The van der Waals surface area contributed by atoms with Crippen LogP contribution in [0.1, 0.15) is 29.9 Å². The highest BCUT2D eigenvalue weighted by Crippen LogP contribution is 2.35. The first-order valence-electron chi connectivity index (χ1n) is 6.19. The number of thioether (sulfide) groups is 1. The molecule has 1 N–H and O–H groups in total. The highest BCUT2D eigenvalue weighted by atomic mass is 32.2. The fourth-order valence-electron chi connectivity index (χ4n) is 2.51. The van der Waals surface area contributed by atoms with Crippen LogP contribution in [0.25, 0.3) is 0 Å². The van der Waals surface area contributed by atoms with Gasteiger partial charge in [0.1, 0.15) is 5.75 Å². The fraction of sp³-hybridized carbons (Fsp3) is 0.571. The first-order chi connectivity index (χ1) is 8.26. The quantitative estimate of drug-likeness (QED) is 0.834. The average Bonchev–Trinajstić information content (AvgIpc) is 2.39. The summed E-state index contributed by atoms with van der Waals surface area (Å²) >= 11 is 1.82. The molecule has 0 spiro atoms. The monoisotopic (exact) mass is 251 g/mol. The van der Waals surface area contributed by atoms with Crippen LogP contribution in [0.3, 0.4) is 0 Å². The molecule has 94 valence electrons. The molecule has 1 aromatic carbocycles. The van der Waals surface area contributed by atoms with Gasteiger partial charge >= 0.3 is 0 Å². The lowest BCUT2D eigenvalue weighted by atomic mass is 9.90. The molecule has 1 fully saturated rings. The van der Waals surface area contributed by atoms with Crippen molar-refractivity contribution in [1.82, 2.24) is 5.32 Å². The second kappa shape index (κ2) is 5.78. The van der Waals surface area contributed by atoms with Gasteiger partial charge < -0.3 is 10.1 Å². The number of ether oxygens (including phenoxy) is 1. The lowest BCUT2D eigenvalue weighted by molar-refractivity contribution is 0.391. The lowest BCUT2D eigenvalue weighted by Gasteiger charge is -2.25. The van der Waals surface area contributed by atoms with Crippen molar-refractivity contribution in [3.63, 3.8) is 0 Å². The molecule has 0 aromatic heterocycles. The maximum atomic E-state index is 5.54. The summed E-state index contributed by atoms with van der Waals surface area (Å²) in [4.78, 5) is 1.37. The Morgan fingerprint density at radius 1 is 1.41 bits per heavy atom. The van der Waals surface area contributed by atoms with E-state index in [0.717, 1.165) is 18.8 Å². The van der Waals surface area contributed by atoms with Crippen LogP contribution in [0.2, 0.25) is 0 Å². The Kier molecular flexibility index (Phi) is 4.35. The number of nitrogens with one attached hydrogen (secondary N) is 1. The van der Waals surface area contributed by atoms with Gasteiger partial charge in [0.05, 0.1) is 7.11 Å². The van der Waals surface area contributed by atoms with Gasteiger partial charge in [0.2, 0.25) is 0 Å². The smallest absolute Gasteiger partial charge is 0.122 e. The van der Waals surface area contributed by atoms with E-state index in [4.69, 9.17) is 4.74 Å². The molecular weight excluding hydrogens is 230 g/mol. The fourth-order valence-corrected chi connectivity index (χ4v) is 3.14. The Labute approximate surface area is 108 Å². The predicted molar refractivity (Wildman–Crippen MR) is 74.4 cm³/mol. The molecule has 17 heavy (non-hydrogen) atoms. The third-order valence-electron chi connectivity index (χ3n) is 3.48. The Morgan fingerprint density at radius 2 is 2.24 bits per heavy atom. The minimum absolute atomic E-state index is 0.602. The van der Waals surface area contributed by atoms with Crippen molar-refractivity contribution in [2.75, 3.05) is 26.5 Å². The molecule has 2 rings (SSSR count). The topological polar surface area (TPSA) is 21.3 Å². The third kappa shape index (κ3) is 2.78. The molecule has 1 aliphatic heterocycles. The van der Waals surface area contributed by atoms with Gasteiger partial charge in [-0.05, 0) is 55.8 Å². The number of methoxy groups -OCH3 is 1. The Morgan fingerprint density at radius 3 is 2.82 bits per heavy atom. The molecular formula is C14H21NOS. The van der Waals surface area contributed by atoms with Crippen molar-refractivity contribution in [3.05, 3.63) is 23.3 Å². The van der Waals surface area contributed by atoms with E-state index >= 15 is 0 Å². The summed E-state index contributed by atoms with van der Waals surface area (Å²) in [5, 5.41) is 3.47. The lowest BCUT2D eigenvalue weighted by Crippen LogP contribution is -2.28. The summed E-state index contributed by atoms with van der Waals surface area (Å²) in [5.41, 5.74) is 2.68. The zero-order valence-corrected chi connectivity index (χ0v) is 11.7. The van der Waals surface area contributed by atoms with Crippen molar-refractivity contribution in [2.24, 2.45) is 0 Å². The average molecular weight is 251 g/mol. The second-order valence-electron chi connectivity index (χ2n) is 4.61. The minimum atomic E-state index is 0.602. The molecule has 1 saturated heterocycles. The standard InChI is InChI=1S/C14H21NOS/c1-10-7-13(16-2)12(8-14(10)17-3)11-5-4-6-15-9-11/h7-8,11,15H,4-6,9H2,1-3H3. The molecule has 1 aliphatic rings. The maximum absolute atomic E-state index is 5.54. The van der Waals surface area contributed by atoms with Crippen molar-refractivity contribution in [3.8, 4) is 5.75 Å². The molecule has 0 bridgehead atoms. The van der Waals surface area contributed by atoms with E-state index in [2.05, 4.69) is 30.6 Å². The third-order valence-corrected chi connectivity index (χ3v) is 4.36. The Hall–Kier alpha value is -0.670. The first-order valence-corrected chi connectivity index (χ1v) is 7.42. The minimum Gasteiger partial charge on any atom is -0.496 e. The van der Waals surface area contributed by atoms with E-state index in [0.29, 0.717) is 5.92 Å². The van der Waals surface area contributed by atoms with E-state index < -0.39 is 0 Å². The molecule has 3 heteroatoms. The highest BCUT2D eigenvalue weighted by molar-refractivity contribution is 7.98. The number of piperidine rings is 1. The number of hydrogen-bond donors (Lipinski definition) is 1. The van der Waals surface area contributed by atoms with Crippen LogP contribution in [0.15, 0.2) is 17.0 Å². The summed E-state index contributed by atoms with van der Waals surface area (Å²) in [6.07, 6.45) is 4.66. The molecule has 1 heterocycles. The zero-order chi connectivity index (χ0) is 12.3. The SMILES string of the molecule is COc1cc(C)c(SC)cc1C1CCCNC1. The molecule has 1 aromatic rings. The van der Waals surface area contributed by atoms with Crippen molar-refractivity contribution >= 4 is 11.8 Å². The van der Waals surface area contributed by atoms with Gasteiger partial charge in [-0.1, -0.05) is 0 Å². The van der Waals surface area contributed by atoms with Gasteiger partial charge in [-0.3, -0.25) is 0 Å². The van der Waals surface area contributed by atoms with Crippen LogP contribution in [0, 0.1) is 6.92 Å². The van der Waals surface area contributed by atoms with E-state index in [9.17, 15) is 0 Å². The van der Waals surface area contributed by atoms with Gasteiger partial charge in [0.15, 0.2) is 0 Å². The number of rotatable bonds is 3. The molecule has 1 atom stereocenters. The van der Waals surface area contributed by atoms with E-state index in [1.165, 1.54) is 28.9 Å². The van der Waals surface area contributed by atoms with Gasteiger partial charge in [-0.15, -0.1) is 11.8 Å². The van der Waals surface area contributed by atoms with Gasteiger partial charge in [0, 0.05) is 17.4 Å². The van der Waals surface area contributed by atoms with E-state index in [-0.39, 0.29) is 0 Å². The van der Waals surface area contributed by atoms with Crippen LogP contribution < -0.4 is 10.1 Å². The van der Waals surface area contributed by atoms with Crippen molar-refractivity contribution in [2.45, 2.75) is 30.6 Å². The molecule has 0 radical (unpaired) electrons. The maximum Gasteiger partial charge on any atom is 0.122 e. The van der Waals surface area contributed by atoms with Gasteiger partial charge in [-0.2, -0.15) is 0 Å². The summed E-state index contributed by atoms with van der Waals surface area (Å²) in [6, 6.07) is 4.49. The number of aryl methyl sites for hydroxylation is 1. The van der Waals surface area contributed by atoms with Crippen LogP contribution in [-0.4, -0.2) is 26.5 Å². The molecule has 0 amide bonds. The summed E-state index contributed by atoms with van der Waals surface area (Å²) in [5.74, 6) is 1.65. The Balaban J connectivity index is 2.35. The summed E-state index contributed by atoms with van der Waals surface area (Å²) in [7, 11) is 1.77. The largest absolute Gasteiger partial charge is 0.496 e. The molecule has 1 unspecified atom stereocenters. The molecule has 2 nitrogen and oxygen atoms in total. The van der Waals surface area contributed by atoms with E-state index in [1.54, 1.807) is 7.11 Å². The molecule has 0 aliphatic carbocycles. The summed E-state index contributed by atoms with van der Waals surface area (Å²) < 4.78 is 5.54. The normalized spacial score (nSPS) is 20.3. The van der Waals surface area contributed by atoms with Gasteiger partial charge in [-0.25, -0.2) is 0 Å². The number of benzene rings is 1. The van der Waals surface area contributed by atoms with E-state index in [1.807, 2.05) is 11.8 Å². The highest BCUT2D eigenvalue weighted by Gasteiger charge is 2.20. The van der Waals surface area contributed by atoms with Gasteiger partial charge in [0.25, 0.3) is 0 Å².